The minimum Gasteiger partial charge on any atom is -0.379 e. The van der Waals surface area contributed by atoms with Crippen molar-refractivity contribution in [2.45, 2.75) is 46.6 Å². The second-order valence-corrected chi connectivity index (χ2v) is 7.83. The summed E-state index contributed by atoms with van der Waals surface area (Å²) in [7, 11) is 0. The Hall–Kier alpha value is -0.650. The largest absolute Gasteiger partial charge is 0.379 e. The SMILES string of the molecule is CC(C)(C)CC(CN)C(=O)NCC(C)(C)N1CCOCC1. The molecule has 1 unspecified atom stereocenters. The third-order valence-electron chi connectivity index (χ3n) is 4.08. The van der Waals surface area contributed by atoms with Crippen LogP contribution in [0.4, 0.5) is 0 Å². The molecule has 1 fully saturated rings. The van der Waals surface area contributed by atoms with Gasteiger partial charge in [-0.3, -0.25) is 9.69 Å². The van der Waals surface area contributed by atoms with Gasteiger partial charge in [0.15, 0.2) is 0 Å². The van der Waals surface area contributed by atoms with E-state index in [1.54, 1.807) is 0 Å². The Balaban J connectivity index is 2.49. The van der Waals surface area contributed by atoms with Crippen molar-refractivity contribution in [1.29, 1.82) is 0 Å². The lowest BCUT2D eigenvalue weighted by Gasteiger charge is -2.41. The van der Waals surface area contributed by atoms with Gasteiger partial charge < -0.3 is 15.8 Å². The van der Waals surface area contributed by atoms with Gasteiger partial charge in [0.1, 0.15) is 0 Å². The number of carbonyl (C=O) groups is 1. The van der Waals surface area contributed by atoms with Crippen LogP contribution in [0.3, 0.4) is 0 Å². The van der Waals surface area contributed by atoms with Crippen LogP contribution in [0.25, 0.3) is 0 Å². The third kappa shape index (κ3) is 6.32. The van der Waals surface area contributed by atoms with E-state index in [1.807, 2.05) is 0 Å². The topological polar surface area (TPSA) is 67.6 Å². The molecule has 0 aromatic carbocycles. The lowest BCUT2D eigenvalue weighted by Crippen LogP contribution is -2.56. The summed E-state index contributed by atoms with van der Waals surface area (Å²) in [5.41, 5.74) is 5.83. The summed E-state index contributed by atoms with van der Waals surface area (Å²) < 4.78 is 5.39. The highest BCUT2D eigenvalue weighted by molar-refractivity contribution is 5.79. The first-order valence-corrected chi connectivity index (χ1v) is 7.96. The van der Waals surface area contributed by atoms with E-state index in [4.69, 9.17) is 10.5 Å². The normalized spacial score (nSPS) is 19.3. The number of hydrogen-bond donors (Lipinski definition) is 2. The Morgan fingerprint density at radius 3 is 2.29 bits per heavy atom. The van der Waals surface area contributed by atoms with Crippen molar-refractivity contribution in [3.63, 3.8) is 0 Å². The molecule has 3 N–H and O–H groups in total. The van der Waals surface area contributed by atoms with Gasteiger partial charge in [-0.1, -0.05) is 20.8 Å². The Morgan fingerprint density at radius 1 is 1.24 bits per heavy atom. The van der Waals surface area contributed by atoms with E-state index in [0.717, 1.165) is 32.7 Å². The van der Waals surface area contributed by atoms with E-state index in [-0.39, 0.29) is 22.8 Å². The highest BCUT2D eigenvalue weighted by atomic mass is 16.5. The fraction of sp³-hybridized carbons (Fsp3) is 0.938. The maximum absolute atomic E-state index is 12.3. The van der Waals surface area contributed by atoms with Gasteiger partial charge in [-0.05, 0) is 25.7 Å². The van der Waals surface area contributed by atoms with Gasteiger partial charge in [0.05, 0.1) is 19.1 Å². The van der Waals surface area contributed by atoms with Gasteiger partial charge in [-0.2, -0.15) is 0 Å². The van der Waals surface area contributed by atoms with Crippen LogP contribution in [0, 0.1) is 11.3 Å². The van der Waals surface area contributed by atoms with Crippen LogP contribution in [0.15, 0.2) is 0 Å². The van der Waals surface area contributed by atoms with Crippen molar-refractivity contribution < 1.29 is 9.53 Å². The third-order valence-corrected chi connectivity index (χ3v) is 4.08. The van der Waals surface area contributed by atoms with E-state index in [0.29, 0.717) is 13.1 Å². The molecule has 1 heterocycles. The van der Waals surface area contributed by atoms with Gasteiger partial charge in [-0.15, -0.1) is 0 Å². The summed E-state index contributed by atoms with van der Waals surface area (Å²) >= 11 is 0. The molecule has 0 aromatic rings. The average Bonchev–Trinajstić information content (AvgIpc) is 2.42. The molecule has 0 spiro atoms. The second kappa shape index (κ2) is 7.56. The molecule has 0 aromatic heterocycles. The van der Waals surface area contributed by atoms with Crippen LogP contribution in [-0.2, 0) is 9.53 Å². The number of carbonyl (C=O) groups excluding carboxylic acids is 1. The first kappa shape index (κ1) is 18.4. The highest BCUT2D eigenvalue weighted by Crippen LogP contribution is 2.24. The Morgan fingerprint density at radius 2 is 1.81 bits per heavy atom. The molecule has 1 amide bonds. The number of amides is 1. The lowest BCUT2D eigenvalue weighted by molar-refractivity contribution is -0.126. The maximum atomic E-state index is 12.3. The molecule has 1 aliphatic rings. The molecule has 0 saturated carbocycles. The summed E-state index contributed by atoms with van der Waals surface area (Å²) in [6.45, 7) is 15.2. The molecule has 0 bridgehead atoms. The summed E-state index contributed by atoms with van der Waals surface area (Å²) in [5.74, 6) is -0.0285. The standard InChI is InChI=1S/C16H33N3O2/c1-15(2,3)10-13(11-17)14(20)18-12-16(4,5)19-6-8-21-9-7-19/h13H,6-12,17H2,1-5H3,(H,18,20). The molecule has 1 saturated heterocycles. The number of morpholine rings is 1. The van der Waals surface area contributed by atoms with Gasteiger partial charge in [0.25, 0.3) is 0 Å². The quantitative estimate of drug-likeness (QED) is 0.774. The van der Waals surface area contributed by atoms with Crippen LogP contribution in [0.2, 0.25) is 0 Å². The fourth-order valence-corrected chi connectivity index (χ4v) is 2.75. The number of nitrogens with zero attached hydrogens (tertiary/aromatic N) is 1. The maximum Gasteiger partial charge on any atom is 0.224 e. The van der Waals surface area contributed by atoms with Crippen molar-refractivity contribution in [3.05, 3.63) is 0 Å². The predicted molar refractivity (Wildman–Crippen MR) is 86.1 cm³/mol. The molecular weight excluding hydrogens is 266 g/mol. The summed E-state index contributed by atoms with van der Waals surface area (Å²) in [5, 5.41) is 3.09. The van der Waals surface area contributed by atoms with E-state index in [1.165, 1.54) is 0 Å². The first-order chi connectivity index (χ1) is 9.65. The Labute approximate surface area is 129 Å². The first-order valence-electron chi connectivity index (χ1n) is 7.96. The Kier molecular flexibility index (Phi) is 6.63. The van der Waals surface area contributed by atoms with E-state index in [9.17, 15) is 4.79 Å². The van der Waals surface area contributed by atoms with Gasteiger partial charge in [0.2, 0.25) is 5.91 Å². The molecule has 5 heteroatoms. The van der Waals surface area contributed by atoms with E-state index < -0.39 is 0 Å². The molecule has 124 valence electrons. The molecule has 21 heavy (non-hydrogen) atoms. The molecule has 1 rings (SSSR count). The lowest BCUT2D eigenvalue weighted by atomic mass is 9.84. The Bertz CT molecular complexity index is 331. The minimum atomic E-state index is -0.106. The smallest absolute Gasteiger partial charge is 0.224 e. The highest BCUT2D eigenvalue weighted by Gasteiger charge is 2.30. The summed E-state index contributed by atoms with van der Waals surface area (Å²) in [4.78, 5) is 14.7. The molecular formula is C16H33N3O2. The number of ether oxygens (including phenoxy) is 1. The minimum absolute atomic E-state index is 0.0552. The molecule has 0 aliphatic carbocycles. The van der Waals surface area contributed by atoms with Crippen molar-refractivity contribution in [2.75, 3.05) is 39.4 Å². The van der Waals surface area contributed by atoms with Crippen LogP contribution in [-0.4, -0.2) is 55.7 Å². The molecule has 1 aliphatic heterocycles. The van der Waals surface area contributed by atoms with Crippen molar-refractivity contribution in [2.24, 2.45) is 17.1 Å². The van der Waals surface area contributed by atoms with E-state index in [2.05, 4.69) is 44.8 Å². The predicted octanol–water partition coefficient (Wildman–Crippen LogP) is 1.22. The van der Waals surface area contributed by atoms with Gasteiger partial charge in [0, 0.05) is 31.7 Å². The molecule has 1 atom stereocenters. The van der Waals surface area contributed by atoms with Crippen LogP contribution >= 0.6 is 0 Å². The fourth-order valence-electron chi connectivity index (χ4n) is 2.75. The van der Waals surface area contributed by atoms with Crippen LogP contribution < -0.4 is 11.1 Å². The number of rotatable bonds is 6. The zero-order chi connectivity index (χ0) is 16.1. The van der Waals surface area contributed by atoms with Crippen molar-refractivity contribution in [3.8, 4) is 0 Å². The van der Waals surface area contributed by atoms with Crippen LogP contribution in [0.1, 0.15) is 41.0 Å². The number of hydrogen-bond acceptors (Lipinski definition) is 4. The zero-order valence-electron chi connectivity index (χ0n) is 14.4. The second-order valence-electron chi connectivity index (χ2n) is 7.83. The van der Waals surface area contributed by atoms with Crippen LogP contribution in [0.5, 0.6) is 0 Å². The zero-order valence-corrected chi connectivity index (χ0v) is 14.4. The average molecular weight is 299 g/mol. The monoisotopic (exact) mass is 299 g/mol. The van der Waals surface area contributed by atoms with Crippen molar-refractivity contribution >= 4 is 5.91 Å². The van der Waals surface area contributed by atoms with Crippen molar-refractivity contribution in [1.82, 2.24) is 10.2 Å². The van der Waals surface area contributed by atoms with Gasteiger partial charge >= 0.3 is 0 Å². The van der Waals surface area contributed by atoms with Gasteiger partial charge in [-0.25, -0.2) is 0 Å². The number of nitrogens with one attached hydrogen (secondary N) is 1. The summed E-state index contributed by atoms with van der Waals surface area (Å²) in [6.07, 6.45) is 0.813. The number of nitrogens with two attached hydrogens (primary N) is 1. The molecule has 5 nitrogen and oxygen atoms in total. The molecule has 0 radical (unpaired) electrons. The summed E-state index contributed by atoms with van der Waals surface area (Å²) in [6, 6.07) is 0. The van der Waals surface area contributed by atoms with E-state index >= 15 is 0 Å².